The molecule has 2 N–H and O–H groups in total. The van der Waals surface area contributed by atoms with Crippen molar-refractivity contribution in [1.29, 1.82) is 0 Å². The first kappa shape index (κ1) is 12.6. The number of hydrogen-bond donors (Lipinski definition) is 1. The number of piperidine rings is 1. The fourth-order valence-corrected chi connectivity index (χ4v) is 2.92. The first-order chi connectivity index (χ1) is 8.22. The molecular formula is C15H24N2. The highest BCUT2D eigenvalue weighted by molar-refractivity contribution is 5.25. The summed E-state index contributed by atoms with van der Waals surface area (Å²) in [6, 6.07) is 9.23. The Morgan fingerprint density at radius 3 is 2.82 bits per heavy atom. The highest BCUT2D eigenvalue weighted by Gasteiger charge is 2.27. The minimum absolute atomic E-state index is 0.559. The van der Waals surface area contributed by atoms with Gasteiger partial charge in [-0.2, -0.15) is 0 Å². The lowest BCUT2D eigenvalue weighted by atomic mass is 9.90. The molecule has 17 heavy (non-hydrogen) atoms. The summed E-state index contributed by atoms with van der Waals surface area (Å²) in [6.07, 6.45) is 2.63. The quantitative estimate of drug-likeness (QED) is 0.868. The molecule has 2 atom stereocenters. The van der Waals surface area contributed by atoms with E-state index < -0.39 is 0 Å². The number of benzene rings is 1. The van der Waals surface area contributed by atoms with Gasteiger partial charge >= 0.3 is 0 Å². The Hall–Kier alpha value is -0.860. The van der Waals surface area contributed by atoms with E-state index in [0.717, 1.165) is 19.0 Å². The monoisotopic (exact) mass is 232 g/mol. The lowest BCUT2D eigenvalue weighted by Gasteiger charge is -2.39. The van der Waals surface area contributed by atoms with Crippen molar-refractivity contribution in [2.75, 3.05) is 13.1 Å². The Kier molecular flexibility index (Phi) is 4.19. The Morgan fingerprint density at radius 1 is 1.35 bits per heavy atom. The zero-order valence-electron chi connectivity index (χ0n) is 11.0. The zero-order chi connectivity index (χ0) is 12.3. The van der Waals surface area contributed by atoms with Crippen molar-refractivity contribution in [1.82, 2.24) is 4.90 Å². The Morgan fingerprint density at radius 2 is 2.12 bits per heavy atom. The van der Waals surface area contributed by atoms with Gasteiger partial charge in [-0.15, -0.1) is 0 Å². The van der Waals surface area contributed by atoms with Crippen LogP contribution in [0.2, 0.25) is 0 Å². The number of rotatable bonds is 3. The maximum atomic E-state index is 5.93. The van der Waals surface area contributed by atoms with Crippen molar-refractivity contribution in [3.8, 4) is 0 Å². The largest absolute Gasteiger partial charge is 0.329 e. The van der Waals surface area contributed by atoms with Crippen molar-refractivity contribution in [3.05, 3.63) is 35.4 Å². The first-order valence-corrected chi connectivity index (χ1v) is 6.71. The lowest BCUT2D eigenvalue weighted by molar-refractivity contribution is 0.0989. The fraction of sp³-hybridized carbons (Fsp3) is 0.600. The normalized spacial score (nSPS) is 26.1. The van der Waals surface area contributed by atoms with E-state index in [0.29, 0.717) is 6.04 Å². The van der Waals surface area contributed by atoms with E-state index in [1.165, 1.54) is 30.5 Å². The van der Waals surface area contributed by atoms with Gasteiger partial charge in [0.2, 0.25) is 0 Å². The van der Waals surface area contributed by atoms with E-state index in [1.807, 2.05) is 0 Å². The van der Waals surface area contributed by atoms with Crippen LogP contribution in [0.4, 0.5) is 0 Å². The Balaban J connectivity index is 2.09. The van der Waals surface area contributed by atoms with E-state index in [9.17, 15) is 0 Å². The summed E-state index contributed by atoms with van der Waals surface area (Å²) in [4.78, 5) is 2.57. The third kappa shape index (κ3) is 2.88. The molecule has 0 spiro atoms. The molecule has 0 radical (unpaired) electrons. The molecule has 0 aliphatic carbocycles. The van der Waals surface area contributed by atoms with Crippen molar-refractivity contribution >= 4 is 0 Å². The molecule has 0 bridgehead atoms. The molecule has 1 aliphatic heterocycles. The van der Waals surface area contributed by atoms with Crippen LogP contribution < -0.4 is 5.73 Å². The molecule has 0 aromatic heterocycles. The topological polar surface area (TPSA) is 29.3 Å². The molecule has 0 amide bonds. The molecule has 1 fully saturated rings. The molecule has 1 aromatic rings. The van der Waals surface area contributed by atoms with Crippen LogP contribution in [0.3, 0.4) is 0 Å². The second kappa shape index (κ2) is 5.65. The van der Waals surface area contributed by atoms with Crippen LogP contribution in [-0.4, -0.2) is 24.0 Å². The fourth-order valence-electron chi connectivity index (χ4n) is 2.92. The average Bonchev–Trinajstić information content (AvgIpc) is 2.32. The SMILES string of the molecule is Cc1ccccc1CN1CCCC(C)C1CN. The van der Waals surface area contributed by atoms with Gasteiger partial charge in [0.15, 0.2) is 0 Å². The second-order valence-electron chi connectivity index (χ2n) is 5.32. The highest BCUT2D eigenvalue weighted by Crippen LogP contribution is 2.24. The van der Waals surface area contributed by atoms with Gasteiger partial charge in [0.1, 0.15) is 0 Å². The van der Waals surface area contributed by atoms with Crippen LogP contribution in [0, 0.1) is 12.8 Å². The minimum Gasteiger partial charge on any atom is -0.329 e. The standard InChI is InChI=1S/C15H24N2/c1-12-6-3-4-8-14(12)11-17-9-5-7-13(2)15(17)10-16/h3-4,6,8,13,15H,5,7,9-11,16H2,1-2H3. The number of likely N-dealkylation sites (tertiary alicyclic amines) is 1. The van der Waals surface area contributed by atoms with Crippen LogP contribution in [-0.2, 0) is 6.54 Å². The second-order valence-corrected chi connectivity index (χ2v) is 5.32. The zero-order valence-corrected chi connectivity index (χ0v) is 11.0. The van der Waals surface area contributed by atoms with Gasteiger partial charge in [-0.05, 0) is 43.4 Å². The molecule has 1 heterocycles. The van der Waals surface area contributed by atoms with E-state index in [-0.39, 0.29) is 0 Å². The van der Waals surface area contributed by atoms with Gasteiger partial charge in [-0.3, -0.25) is 4.90 Å². The molecule has 94 valence electrons. The first-order valence-electron chi connectivity index (χ1n) is 6.71. The van der Waals surface area contributed by atoms with E-state index in [1.54, 1.807) is 0 Å². The lowest BCUT2D eigenvalue weighted by Crippen LogP contribution is -2.48. The molecular weight excluding hydrogens is 208 g/mol. The van der Waals surface area contributed by atoms with Crippen molar-refractivity contribution in [3.63, 3.8) is 0 Å². The predicted molar refractivity (Wildman–Crippen MR) is 72.8 cm³/mol. The molecule has 1 saturated heterocycles. The van der Waals surface area contributed by atoms with Crippen molar-refractivity contribution in [2.24, 2.45) is 11.7 Å². The number of nitrogens with zero attached hydrogens (tertiary/aromatic N) is 1. The summed E-state index contributed by atoms with van der Waals surface area (Å²) in [5.74, 6) is 0.734. The molecule has 2 unspecified atom stereocenters. The Labute approximate surface area is 105 Å². The van der Waals surface area contributed by atoms with Crippen molar-refractivity contribution < 1.29 is 0 Å². The summed E-state index contributed by atoms with van der Waals surface area (Å²) in [6.45, 7) is 7.56. The Bertz CT molecular complexity index is 362. The summed E-state index contributed by atoms with van der Waals surface area (Å²) in [5, 5.41) is 0. The van der Waals surface area contributed by atoms with Crippen LogP contribution >= 0.6 is 0 Å². The van der Waals surface area contributed by atoms with Crippen molar-refractivity contribution in [2.45, 2.75) is 39.3 Å². The molecule has 2 heteroatoms. The maximum Gasteiger partial charge on any atom is 0.0247 e. The van der Waals surface area contributed by atoms with Gasteiger partial charge in [-0.25, -0.2) is 0 Å². The van der Waals surface area contributed by atoms with Gasteiger partial charge in [0.05, 0.1) is 0 Å². The molecule has 1 aliphatic rings. The molecule has 0 saturated carbocycles. The minimum atomic E-state index is 0.559. The van der Waals surface area contributed by atoms with Gasteiger partial charge in [0.25, 0.3) is 0 Å². The predicted octanol–water partition coefficient (Wildman–Crippen LogP) is 2.55. The van der Waals surface area contributed by atoms with Crippen LogP contribution in [0.5, 0.6) is 0 Å². The van der Waals surface area contributed by atoms with Crippen LogP contribution in [0.25, 0.3) is 0 Å². The summed E-state index contributed by atoms with van der Waals surface area (Å²) >= 11 is 0. The van der Waals surface area contributed by atoms with E-state index in [4.69, 9.17) is 5.73 Å². The van der Waals surface area contributed by atoms with E-state index in [2.05, 4.69) is 43.0 Å². The number of aryl methyl sites for hydroxylation is 1. The average molecular weight is 232 g/mol. The summed E-state index contributed by atoms with van der Waals surface area (Å²) in [7, 11) is 0. The van der Waals surface area contributed by atoms with E-state index >= 15 is 0 Å². The molecule has 2 nitrogen and oxygen atoms in total. The molecule has 2 rings (SSSR count). The van der Waals surface area contributed by atoms with Crippen LogP contribution in [0.1, 0.15) is 30.9 Å². The van der Waals surface area contributed by atoms with Gasteiger partial charge < -0.3 is 5.73 Å². The third-order valence-corrected chi connectivity index (χ3v) is 4.11. The summed E-state index contributed by atoms with van der Waals surface area (Å²) < 4.78 is 0. The van der Waals surface area contributed by atoms with Crippen LogP contribution in [0.15, 0.2) is 24.3 Å². The highest BCUT2D eigenvalue weighted by atomic mass is 15.2. The number of hydrogen-bond acceptors (Lipinski definition) is 2. The van der Waals surface area contributed by atoms with Gasteiger partial charge in [0, 0.05) is 19.1 Å². The maximum absolute atomic E-state index is 5.93. The van der Waals surface area contributed by atoms with Gasteiger partial charge in [-0.1, -0.05) is 31.2 Å². The molecule has 1 aromatic carbocycles. The summed E-state index contributed by atoms with van der Waals surface area (Å²) in [5.41, 5.74) is 8.77. The smallest absolute Gasteiger partial charge is 0.0247 e. The third-order valence-electron chi connectivity index (χ3n) is 4.11. The number of nitrogens with two attached hydrogens (primary N) is 1.